The lowest BCUT2D eigenvalue weighted by atomic mass is 10.6. The molecule has 0 aliphatic heterocycles. The molecule has 8 heteroatoms. The molecule has 0 atom stereocenters. The van der Waals surface area contributed by atoms with E-state index in [0.717, 1.165) is 5.13 Å². The SMILES string of the molecule is Clc1cnc(NCCn2ncnn2)s1. The van der Waals surface area contributed by atoms with E-state index in [0.29, 0.717) is 17.4 Å². The van der Waals surface area contributed by atoms with E-state index >= 15 is 0 Å². The molecule has 0 saturated heterocycles. The van der Waals surface area contributed by atoms with Gasteiger partial charge in [-0.3, -0.25) is 0 Å². The standard InChI is InChI=1S/C6H7ClN6S/c7-5-3-9-6(14-5)8-1-2-13-11-4-10-12-13/h3-4H,1-2H2,(H,8,9). The first-order valence-corrected chi connectivity index (χ1v) is 5.10. The second-order valence-corrected chi connectivity index (χ2v) is 4.09. The van der Waals surface area contributed by atoms with Crippen LogP contribution >= 0.6 is 22.9 Å². The van der Waals surface area contributed by atoms with E-state index in [9.17, 15) is 0 Å². The fraction of sp³-hybridized carbons (Fsp3) is 0.333. The summed E-state index contributed by atoms with van der Waals surface area (Å²) in [5.41, 5.74) is 0. The van der Waals surface area contributed by atoms with Crippen LogP contribution in [0.3, 0.4) is 0 Å². The molecule has 1 N–H and O–H groups in total. The Morgan fingerprint density at radius 3 is 3.14 bits per heavy atom. The summed E-state index contributed by atoms with van der Waals surface area (Å²) in [6, 6.07) is 0. The van der Waals surface area contributed by atoms with Crippen molar-refractivity contribution >= 4 is 28.1 Å². The van der Waals surface area contributed by atoms with Crippen LogP contribution in [0.15, 0.2) is 12.5 Å². The Morgan fingerprint density at radius 2 is 2.50 bits per heavy atom. The van der Waals surface area contributed by atoms with E-state index in [1.54, 1.807) is 6.20 Å². The topological polar surface area (TPSA) is 68.5 Å². The van der Waals surface area contributed by atoms with Crippen LogP contribution in [0.5, 0.6) is 0 Å². The van der Waals surface area contributed by atoms with Gasteiger partial charge in [-0.15, -0.1) is 10.2 Å². The van der Waals surface area contributed by atoms with Crippen molar-refractivity contribution in [2.75, 3.05) is 11.9 Å². The molecule has 0 aliphatic carbocycles. The molecule has 0 radical (unpaired) electrons. The number of nitrogens with zero attached hydrogens (tertiary/aromatic N) is 5. The fourth-order valence-electron chi connectivity index (χ4n) is 0.890. The molecule has 0 aliphatic rings. The first kappa shape index (κ1) is 9.35. The zero-order chi connectivity index (χ0) is 9.80. The molecule has 0 aromatic carbocycles. The Kier molecular flexibility index (Phi) is 2.90. The van der Waals surface area contributed by atoms with Crippen LogP contribution in [-0.4, -0.2) is 31.7 Å². The van der Waals surface area contributed by atoms with E-state index in [1.165, 1.54) is 22.5 Å². The van der Waals surface area contributed by atoms with Gasteiger partial charge in [0.1, 0.15) is 4.34 Å². The number of aromatic nitrogens is 5. The zero-order valence-corrected chi connectivity index (χ0v) is 8.66. The van der Waals surface area contributed by atoms with E-state index in [1.807, 2.05) is 0 Å². The highest BCUT2D eigenvalue weighted by Gasteiger charge is 1.98. The van der Waals surface area contributed by atoms with Crippen molar-refractivity contribution in [1.29, 1.82) is 0 Å². The van der Waals surface area contributed by atoms with Crippen LogP contribution < -0.4 is 5.32 Å². The summed E-state index contributed by atoms with van der Waals surface area (Å²) in [6.45, 7) is 1.34. The Bertz CT molecular complexity index is 385. The normalized spacial score (nSPS) is 10.4. The smallest absolute Gasteiger partial charge is 0.184 e. The maximum Gasteiger partial charge on any atom is 0.184 e. The quantitative estimate of drug-likeness (QED) is 0.845. The van der Waals surface area contributed by atoms with E-state index in [-0.39, 0.29) is 0 Å². The molecule has 2 aromatic heterocycles. The Balaban J connectivity index is 1.78. The van der Waals surface area contributed by atoms with Gasteiger partial charge in [-0.25, -0.2) is 4.98 Å². The lowest BCUT2D eigenvalue weighted by molar-refractivity contribution is 0.538. The third-order valence-corrected chi connectivity index (χ3v) is 2.53. The van der Waals surface area contributed by atoms with Gasteiger partial charge in [0.05, 0.1) is 12.7 Å². The van der Waals surface area contributed by atoms with Crippen molar-refractivity contribution in [3.63, 3.8) is 0 Å². The minimum Gasteiger partial charge on any atom is -0.360 e. The fourth-order valence-corrected chi connectivity index (χ4v) is 1.73. The number of hydrogen-bond donors (Lipinski definition) is 1. The van der Waals surface area contributed by atoms with Crippen LogP contribution in [0, 0.1) is 0 Å². The number of tetrazole rings is 1. The van der Waals surface area contributed by atoms with Gasteiger partial charge in [-0.2, -0.15) is 4.80 Å². The van der Waals surface area contributed by atoms with Gasteiger partial charge in [0, 0.05) is 6.54 Å². The van der Waals surface area contributed by atoms with Crippen LogP contribution in [-0.2, 0) is 6.54 Å². The van der Waals surface area contributed by atoms with E-state index < -0.39 is 0 Å². The zero-order valence-electron chi connectivity index (χ0n) is 7.09. The number of rotatable bonds is 4. The third kappa shape index (κ3) is 2.39. The van der Waals surface area contributed by atoms with Crippen LogP contribution in [0.1, 0.15) is 0 Å². The Labute approximate surface area is 88.9 Å². The summed E-state index contributed by atoms with van der Waals surface area (Å²) in [7, 11) is 0. The minimum atomic E-state index is 0.650. The van der Waals surface area contributed by atoms with Crippen molar-refractivity contribution in [1.82, 2.24) is 25.2 Å². The monoisotopic (exact) mass is 230 g/mol. The van der Waals surface area contributed by atoms with Gasteiger partial charge in [0.25, 0.3) is 0 Å². The molecule has 14 heavy (non-hydrogen) atoms. The molecule has 0 bridgehead atoms. The molecule has 2 aromatic rings. The van der Waals surface area contributed by atoms with Crippen molar-refractivity contribution in [3.05, 3.63) is 16.9 Å². The highest BCUT2D eigenvalue weighted by atomic mass is 35.5. The number of thiazole rings is 1. The summed E-state index contributed by atoms with van der Waals surface area (Å²) < 4.78 is 0.673. The minimum absolute atomic E-state index is 0.650. The highest BCUT2D eigenvalue weighted by Crippen LogP contribution is 2.21. The number of halogens is 1. The average molecular weight is 231 g/mol. The maximum atomic E-state index is 5.72. The second kappa shape index (κ2) is 4.34. The van der Waals surface area contributed by atoms with E-state index in [2.05, 4.69) is 25.7 Å². The van der Waals surface area contributed by atoms with Crippen molar-refractivity contribution in [2.45, 2.75) is 6.54 Å². The largest absolute Gasteiger partial charge is 0.360 e. The Morgan fingerprint density at radius 1 is 1.57 bits per heavy atom. The summed E-state index contributed by atoms with van der Waals surface area (Å²) in [4.78, 5) is 5.55. The predicted octanol–water partition coefficient (Wildman–Crippen LogP) is 0.895. The molecule has 6 nitrogen and oxygen atoms in total. The lowest BCUT2D eigenvalue weighted by Gasteiger charge is -1.99. The van der Waals surface area contributed by atoms with Crippen molar-refractivity contribution < 1.29 is 0 Å². The molecule has 2 rings (SSSR count). The number of nitrogens with one attached hydrogen (secondary N) is 1. The van der Waals surface area contributed by atoms with Gasteiger partial charge in [-0.1, -0.05) is 22.9 Å². The van der Waals surface area contributed by atoms with Crippen molar-refractivity contribution in [2.24, 2.45) is 0 Å². The Hall–Kier alpha value is -1.21. The van der Waals surface area contributed by atoms with Crippen LogP contribution in [0.2, 0.25) is 4.34 Å². The van der Waals surface area contributed by atoms with Crippen molar-refractivity contribution in [3.8, 4) is 0 Å². The molecular weight excluding hydrogens is 224 g/mol. The summed E-state index contributed by atoms with van der Waals surface area (Å²) >= 11 is 7.12. The summed E-state index contributed by atoms with van der Waals surface area (Å²) in [5.74, 6) is 0. The summed E-state index contributed by atoms with van der Waals surface area (Å²) in [6.07, 6.45) is 3.02. The van der Waals surface area contributed by atoms with Gasteiger partial charge in [0.15, 0.2) is 11.5 Å². The first-order chi connectivity index (χ1) is 6.84. The molecule has 0 amide bonds. The third-order valence-electron chi connectivity index (χ3n) is 1.46. The first-order valence-electron chi connectivity index (χ1n) is 3.90. The maximum absolute atomic E-state index is 5.72. The summed E-state index contributed by atoms with van der Waals surface area (Å²) in [5, 5.41) is 15.1. The lowest BCUT2D eigenvalue weighted by Crippen LogP contribution is -2.12. The van der Waals surface area contributed by atoms with Gasteiger partial charge in [0.2, 0.25) is 0 Å². The molecule has 0 unspecified atom stereocenters. The van der Waals surface area contributed by atoms with Crippen LogP contribution in [0.4, 0.5) is 5.13 Å². The molecule has 0 fully saturated rings. The molecule has 0 saturated carbocycles. The van der Waals surface area contributed by atoms with Crippen LogP contribution in [0.25, 0.3) is 0 Å². The van der Waals surface area contributed by atoms with Gasteiger partial charge < -0.3 is 5.32 Å². The second-order valence-electron chi connectivity index (χ2n) is 2.43. The van der Waals surface area contributed by atoms with E-state index in [4.69, 9.17) is 11.6 Å². The van der Waals surface area contributed by atoms with Gasteiger partial charge >= 0.3 is 0 Å². The molecule has 74 valence electrons. The predicted molar refractivity (Wildman–Crippen MR) is 53.4 cm³/mol. The number of hydrogen-bond acceptors (Lipinski definition) is 6. The number of anilines is 1. The average Bonchev–Trinajstić information content (AvgIpc) is 2.77. The molecular formula is C6H7ClN6S. The molecule has 0 spiro atoms. The highest BCUT2D eigenvalue weighted by molar-refractivity contribution is 7.19. The molecule has 2 heterocycles. The van der Waals surface area contributed by atoms with Gasteiger partial charge in [-0.05, 0) is 5.21 Å².